The van der Waals surface area contributed by atoms with Crippen LogP contribution >= 0.6 is 0 Å². The van der Waals surface area contributed by atoms with Gasteiger partial charge in [-0.1, -0.05) is 50.2 Å². The Morgan fingerprint density at radius 2 is 0.785 bits per heavy atom. The average Bonchev–Trinajstić information content (AvgIpc) is 0.787. The number of ether oxygens (including phenoxy) is 13. The average molecular weight is 1700 g/mol. The summed E-state index contributed by atoms with van der Waals surface area (Å²) in [6.45, 7) is 14.1. The van der Waals surface area contributed by atoms with Crippen LogP contribution in [0.15, 0.2) is 84.9 Å². The third kappa shape index (κ3) is 27.3. The SMILES string of the molecule is CC(=O)NCCc1ccc(OC2O[C@@H](CO)[C@H](O)[C@@H](O)[C@@H]2O)cc1-c1cccc(F)c1.CC(=O)NCCc1ccc(OC2O[C@@H](COC(C)=O)[C@H](C)[C@@H](OC(C)=O)[C@@H]2OC(C)=O)cc1-c1cccc(F)c1.CC(=O)OC[C@@H]1OC(OC(C)=O)[C@@H](OC(C)=O)[C@H](OC(C)=O)[C@H]1C.OC[C@@H]1OC(O)[C@@H](O)[C@H](O)[C@H]1O.[3HH].[3H][3H].[3H][3H].[3H][3H].[3H][3H].[3H][3H].[3H][3H].[3H][3H].[3H][3H].[3H][3H].[3H][3H].[3H][3H].[3H][3H].[3H][3H].[3H][3H].[3H][3H].[3H][3H].[3H][3H].[3H][3H].[3H][3H].[3H][3H].[3H][3H].[3H][3H].[3H][3H].[3H][3H].[3H][3H].[3H][3H].[3H][3H].[3H][3H].[3H][3H]. The minimum atomic E-state index is -1.57. The summed E-state index contributed by atoms with van der Waals surface area (Å²) >= 11 is 0. The number of benzene rings is 4. The third-order valence-electron chi connectivity index (χ3n) is 16.6. The summed E-state index contributed by atoms with van der Waals surface area (Å²) < 4.78 is 388. The Balaban J connectivity index is -0.0000000584. The van der Waals surface area contributed by atoms with Crippen molar-refractivity contribution in [1.82, 2.24) is 10.6 Å². The predicted octanol–water partition coefficient (Wildman–Crippen LogP) is 8.18. The zero-order valence-electron chi connectivity index (χ0n) is 119. The number of amides is 2. The summed E-state index contributed by atoms with van der Waals surface area (Å²) in [6, 6.07) is 22.2. The van der Waals surface area contributed by atoms with Crippen molar-refractivity contribution >= 4 is 53.6 Å². The summed E-state index contributed by atoms with van der Waals surface area (Å²) in [4.78, 5) is 103. The van der Waals surface area contributed by atoms with E-state index in [0.29, 0.717) is 53.9 Å². The van der Waals surface area contributed by atoms with Crippen LogP contribution in [0.2, 0.25) is 0 Å². The minimum absolute atomic E-state index is 0. The molecule has 0 saturated carbocycles. The largest absolute Gasteiger partial charge is 0.463 e. The van der Waals surface area contributed by atoms with Crippen molar-refractivity contribution < 1.29 is 247 Å². The number of carbonyl (C=O) groups excluding carboxylic acids is 9. The molecule has 4 unspecified atom stereocenters. The highest BCUT2D eigenvalue weighted by atomic mass is 19.1. The van der Waals surface area contributed by atoms with E-state index in [1.165, 1.54) is 79.7 Å². The van der Waals surface area contributed by atoms with E-state index >= 15 is 0 Å². The van der Waals surface area contributed by atoms with E-state index < -0.39 is 189 Å². The molecule has 4 aromatic rings. The van der Waals surface area contributed by atoms with E-state index in [1.54, 1.807) is 74.5 Å². The Kier molecular flexibility index (Phi) is 21.4. The lowest BCUT2D eigenvalue weighted by Crippen LogP contribution is -2.60. The standard InChI is InChI=1S/C29H34FNO9.C22H26FNO7.C15H22O9.C6H12O6.30H2/c1-16-26(15-36-18(3)33)40-29(28(38-20(5)35)27(16)37-19(4)34)39-24-10-9-21(11-12-31-17(2)32)25(14-24)22-7-6-8-23(30)13-22;1-12(26)24-8-7-13-5-6-16(10-17(13)14-3-2-4-15(23)9-14)30-22-21(29)20(28)19(27)18(11-25)31-22;1-7-12(6-20-8(2)16)24-15(23-11(5)19)14(22-10(4)18)13(7)21-9(3)17;7-1-2-3(8)4(9)5(10)6(11)12-2;;;;;;;;;;;;;;;;;;;;;;;;;;;;;;/h6-10,13-14,16,26-29H,11-12,15H2,1-5H3,(H,31,32);2-6,9-10,18-22,25,27-29H,7-8,11H2,1H3,(H,24,26);7,12-15H,6H2,1-5H3;2-11H,1H2;30*1H/t16-,26-,27+,28-,29?;18-,19-,20+,21-,22?;7-,12-,13+,14-,15?;2-,3-,4+,5-,6?;;;;;;;;;;;;;;;;;;;;;;;;;;;;;;/m0000............................../s1/i;;;;29*1+2T;1+2. The number of hydrogen-bond donors (Lipinski definition) is 11. The molecule has 2 amide bonds. The summed E-state index contributed by atoms with van der Waals surface area (Å²) in [6.07, 6.45) is -21.2. The smallest absolute Gasteiger partial charge is 0.305 e. The van der Waals surface area contributed by atoms with Gasteiger partial charge < -0.3 is 118 Å². The zero-order valence-corrected chi connectivity index (χ0v) is 60.5. The number of aliphatic hydroxyl groups excluding tert-OH is 9. The monoisotopic (exact) mass is 1700 g/mol. The second-order valence-corrected chi connectivity index (χ2v) is 25.1. The van der Waals surface area contributed by atoms with Crippen molar-refractivity contribution in [2.45, 2.75) is 200 Å². The van der Waals surface area contributed by atoms with Crippen LogP contribution in [-0.2, 0) is 108 Å². The van der Waals surface area contributed by atoms with E-state index in [9.17, 15) is 72.4 Å². The highest BCUT2D eigenvalue weighted by Crippen LogP contribution is 2.37. The van der Waals surface area contributed by atoms with E-state index in [2.05, 4.69) is 15.4 Å². The topological polar surface area (TPSA) is 480 Å². The first-order valence-electron chi connectivity index (χ1n) is 62.8. The van der Waals surface area contributed by atoms with Crippen LogP contribution < -0.4 is 20.1 Å². The van der Waals surface area contributed by atoms with Gasteiger partial charge in [0.05, 0.1) is 13.2 Å². The summed E-state index contributed by atoms with van der Waals surface area (Å²) in [7, 11) is 0. The Morgan fingerprint density at radius 3 is 1.17 bits per heavy atom. The summed E-state index contributed by atoms with van der Waals surface area (Å²) in [5.41, 5.74) is 4.16. The van der Waals surface area contributed by atoms with Gasteiger partial charge in [-0.3, -0.25) is 43.2 Å². The van der Waals surface area contributed by atoms with E-state index in [0.717, 1.165) is 18.1 Å². The molecule has 0 bridgehead atoms. The van der Waals surface area contributed by atoms with Crippen LogP contribution in [0.5, 0.6) is 11.5 Å². The molecule has 0 spiro atoms. The maximum atomic E-state index is 14.1. The van der Waals surface area contributed by atoms with Gasteiger partial charge >= 0.3 is 41.8 Å². The maximum absolute atomic E-state index is 14.1. The lowest BCUT2D eigenvalue weighted by atomic mass is 9.90. The number of nitrogens with one attached hydrogen (secondary N) is 2. The van der Waals surface area contributed by atoms with Gasteiger partial charge in [-0.15, -0.1) is 0 Å². The number of hydrogen-bond acceptors (Lipinski definition) is 31. The number of carbonyl (C=O) groups is 9. The van der Waals surface area contributed by atoms with Gasteiger partial charge in [-0.25, -0.2) is 8.78 Å². The van der Waals surface area contributed by atoms with Gasteiger partial charge in [0, 0.05) is 175 Å². The maximum Gasteiger partial charge on any atom is 0.305 e. The third-order valence-corrected chi connectivity index (χ3v) is 16.6. The molecule has 652 valence electrons. The van der Waals surface area contributed by atoms with E-state index in [1.807, 2.05) is 0 Å². The molecule has 0 aliphatic carbocycles. The van der Waals surface area contributed by atoms with Gasteiger partial charge in [-0.05, 0) is 94.8 Å². The van der Waals surface area contributed by atoms with Crippen molar-refractivity contribution in [2.75, 3.05) is 39.5 Å². The number of esters is 7. The Hall–Kier alpha value is -8.95. The van der Waals surface area contributed by atoms with Crippen LogP contribution in [0.3, 0.4) is 0 Å². The molecule has 20 atom stereocenters. The fourth-order valence-corrected chi connectivity index (χ4v) is 11.4. The first-order valence-corrected chi connectivity index (χ1v) is 33.8. The quantitative estimate of drug-likeness (QED) is 0.0246. The van der Waals surface area contributed by atoms with Crippen LogP contribution in [-0.4, -0.2) is 250 Å². The number of rotatable bonds is 23. The Morgan fingerprint density at radius 1 is 0.421 bits per heavy atom. The van der Waals surface area contributed by atoms with E-state index in [-0.39, 0.29) is 32.2 Å². The molecule has 4 heterocycles. The van der Waals surface area contributed by atoms with Gasteiger partial charge in [0.2, 0.25) is 42.9 Å². The molecule has 8 rings (SSSR count). The van der Waals surface area contributed by atoms with Crippen molar-refractivity contribution in [1.29, 1.82) is 0 Å². The molecule has 4 aliphatic rings. The molecule has 107 heavy (non-hydrogen) atoms. The predicted molar refractivity (Wildman–Crippen MR) is 426 cm³/mol. The Labute approximate surface area is 705 Å². The van der Waals surface area contributed by atoms with Gasteiger partial charge in [-0.2, -0.15) is 0 Å². The summed E-state index contributed by atoms with van der Waals surface area (Å²) in [5.74, 6) is -5.78. The highest BCUT2D eigenvalue weighted by molar-refractivity contribution is 5.75. The van der Waals surface area contributed by atoms with Crippen LogP contribution in [0.1, 0.15) is 175 Å². The molecule has 0 aromatic heterocycles. The minimum Gasteiger partial charge on any atom is -0.463 e. The fourth-order valence-electron chi connectivity index (χ4n) is 11.4. The Bertz CT molecular complexity index is 3770. The first-order chi connectivity index (χ1) is 79.4. The molecule has 0 radical (unpaired) electrons. The lowest BCUT2D eigenvalue weighted by molar-refractivity contribution is -0.286. The molecule has 4 aromatic carbocycles. The van der Waals surface area contributed by atoms with Crippen molar-refractivity contribution in [3.63, 3.8) is 0 Å². The van der Waals surface area contributed by atoms with Gasteiger partial charge in [0.25, 0.3) is 0 Å². The molecule has 35 heteroatoms. The normalized spacial score (nSPS) is 30.0. The van der Waals surface area contributed by atoms with Crippen molar-refractivity contribution in [3.05, 3.63) is 108 Å². The van der Waals surface area contributed by atoms with Crippen LogP contribution in [0.4, 0.5) is 8.78 Å². The highest BCUT2D eigenvalue weighted by Gasteiger charge is 2.52. The van der Waals surface area contributed by atoms with Gasteiger partial charge in [0.15, 0.2) is 6.29 Å². The zero-order chi connectivity index (χ0) is 138. The molecule has 4 fully saturated rings. The van der Waals surface area contributed by atoms with Crippen LogP contribution in [0, 0.1) is 23.5 Å². The molecule has 4 saturated heterocycles. The number of halogens is 2. The molecule has 4 aliphatic heterocycles. The van der Waals surface area contributed by atoms with Crippen LogP contribution in [0.25, 0.3) is 22.3 Å². The van der Waals surface area contributed by atoms with E-state index in [4.69, 9.17) is 168 Å². The van der Waals surface area contributed by atoms with Gasteiger partial charge in [0.1, 0.15) is 110 Å². The molecular formula is C72H154F2N2O31. The second-order valence-electron chi connectivity index (χ2n) is 25.1. The fraction of sp³-hybridized carbons (Fsp3) is 0.542. The molecular weight excluding hydrogens is 1430 g/mol. The number of aliphatic hydroxyl groups is 9. The van der Waals surface area contributed by atoms with Crippen molar-refractivity contribution in [2.24, 2.45) is 11.8 Å². The lowest BCUT2D eigenvalue weighted by Gasteiger charge is -2.43. The molecule has 11 N–H and O–H groups in total. The molecule has 33 nitrogen and oxygen atoms in total. The van der Waals surface area contributed by atoms with Crippen molar-refractivity contribution in [3.8, 4) is 33.8 Å². The summed E-state index contributed by atoms with van der Waals surface area (Å²) in [5, 5.41) is 89.5. The first kappa shape index (κ1) is 53.8. The second kappa shape index (κ2) is 42.6.